The van der Waals surface area contributed by atoms with E-state index in [2.05, 4.69) is 13.8 Å². The first-order valence-corrected chi connectivity index (χ1v) is 6.85. The number of unbranched alkanes of at least 4 members (excludes halogenated alkanes) is 1. The van der Waals surface area contributed by atoms with Gasteiger partial charge in [-0.05, 0) is 12.8 Å². The molecule has 0 aromatic heterocycles. The van der Waals surface area contributed by atoms with Gasteiger partial charge in [0.1, 0.15) is 0 Å². The molecule has 4 heteroatoms. The number of hydrogen-bond acceptors (Lipinski definition) is 3. The number of nitrogens with two attached hydrogens (primary N) is 1. The summed E-state index contributed by atoms with van der Waals surface area (Å²) in [6.45, 7) is 6.31. The van der Waals surface area contributed by atoms with E-state index in [-0.39, 0.29) is 18.1 Å². The number of nitrogens with zero attached hydrogens (tertiary/aromatic N) is 1. The predicted molar refractivity (Wildman–Crippen MR) is 68.7 cm³/mol. The maximum atomic E-state index is 12.1. The maximum absolute atomic E-state index is 12.1. The highest BCUT2D eigenvalue weighted by Gasteiger charge is 2.26. The van der Waals surface area contributed by atoms with E-state index in [1.165, 1.54) is 0 Å². The Kier molecular flexibility index (Phi) is 6.52. The van der Waals surface area contributed by atoms with E-state index in [1.807, 2.05) is 4.90 Å². The van der Waals surface area contributed by atoms with Crippen LogP contribution in [-0.4, -0.2) is 42.6 Å². The molecule has 0 saturated carbocycles. The van der Waals surface area contributed by atoms with Crippen molar-refractivity contribution in [3.63, 3.8) is 0 Å². The average molecular weight is 242 g/mol. The number of rotatable bonds is 6. The number of carbonyl (C=O) groups excluding carboxylic acids is 1. The molecule has 0 radical (unpaired) electrons. The van der Waals surface area contributed by atoms with Gasteiger partial charge in [-0.15, -0.1) is 0 Å². The molecule has 0 aliphatic carbocycles. The second kappa shape index (κ2) is 7.67. The number of carbonyl (C=O) groups is 1. The van der Waals surface area contributed by atoms with Gasteiger partial charge in [-0.1, -0.05) is 33.1 Å². The second-order valence-corrected chi connectivity index (χ2v) is 4.81. The third kappa shape index (κ3) is 4.64. The minimum Gasteiger partial charge on any atom is -0.375 e. The Morgan fingerprint density at radius 2 is 2.24 bits per heavy atom. The zero-order valence-corrected chi connectivity index (χ0v) is 11.2. The summed E-state index contributed by atoms with van der Waals surface area (Å²) in [5, 5.41) is 0. The van der Waals surface area contributed by atoms with Crippen molar-refractivity contribution in [3.8, 4) is 0 Å². The van der Waals surface area contributed by atoms with Gasteiger partial charge < -0.3 is 15.4 Å². The van der Waals surface area contributed by atoms with Gasteiger partial charge in [0, 0.05) is 13.1 Å². The van der Waals surface area contributed by atoms with Crippen molar-refractivity contribution >= 4 is 5.91 Å². The van der Waals surface area contributed by atoms with Gasteiger partial charge in [-0.3, -0.25) is 4.79 Å². The fourth-order valence-electron chi connectivity index (χ4n) is 2.20. The molecule has 0 unspecified atom stereocenters. The molecule has 100 valence electrons. The van der Waals surface area contributed by atoms with Crippen LogP contribution in [0.2, 0.25) is 0 Å². The van der Waals surface area contributed by atoms with Crippen LogP contribution in [0.15, 0.2) is 0 Å². The molecule has 1 rings (SSSR count). The van der Waals surface area contributed by atoms with E-state index < -0.39 is 0 Å². The van der Waals surface area contributed by atoms with E-state index in [0.29, 0.717) is 19.7 Å². The zero-order valence-electron chi connectivity index (χ0n) is 11.2. The summed E-state index contributed by atoms with van der Waals surface area (Å²) in [6, 6.07) is -0.324. The quantitative estimate of drug-likeness (QED) is 0.768. The molecule has 17 heavy (non-hydrogen) atoms. The van der Waals surface area contributed by atoms with Crippen LogP contribution < -0.4 is 5.73 Å². The number of morpholine rings is 1. The van der Waals surface area contributed by atoms with E-state index in [4.69, 9.17) is 10.5 Å². The molecule has 1 aliphatic rings. The van der Waals surface area contributed by atoms with Crippen LogP contribution >= 0.6 is 0 Å². The van der Waals surface area contributed by atoms with Crippen molar-refractivity contribution < 1.29 is 9.53 Å². The minimum absolute atomic E-state index is 0.0999. The smallest absolute Gasteiger partial charge is 0.239 e. The molecule has 4 nitrogen and oxygen atoms in total. The lowest BCUT2D eigenvalue weighted by Crippen LogP contribution is -2.51. The van der Waals surface area contributed by atoms with Crippen LogP contribution in [-0.2, 0) is 9.53 Å². The molecule has 1 fully saturated rings. The Morgan fingerprint density at radius 3 is 2.88 bits per heavy atom. The fourth-order valence-corrected chi connectivity index (χ4v) is 2.20. The molecule has 0 aromatic rings. The Hall–Kier alpha value is -0.610. The topological polar surface area (TPSA) is 55.6 Å². The lowest BCUT2D eigenvalue weighted by Gasteiger charge is -2.34. The lowest BCUT2D eigenvalue weighted by molar-refractivity contribution is -0.140. The van der Waals surface area contributed by atoms with Crippen LogP contribution in [0, 0.1) is 0 Å². The number of amides is 1. The minimum atomic E-state index is -0.324. The van der Waals surface area contributed by atoms with Crippen LogP contribution in [0.5, 0.6) is 0 Å². The van der Waals surface area contributed by atoms with Gasteiger partial charge in [0.15, 0.2) is 0 Å². The first-order valence-electron chi connectivity index (χ1n) is 6.85. The van der Waals surface area contributed by atoms with Gasteiger partial charge >= 0.3 is 0 Å². The molecule has 1 amide bonds. The Morgan fingerprint density at radius 1 is 1.47 bits per heavy atom. The summed E-state index contributed by atoms with van der Waals surface area (Å²) in [7, 11) is 0. The highest BCUT2D eigenvalue weighted by Crippen LogP contribution is 2.12. The molecular formula is C13H26N2O2. The van der Waals surface area contributed by atoms with Crippen molar-refractivity contribution in [3.05, 3.63) is 0 Å². The molecule has 0 spiro atoms. The maximum Gasteiger partial charge on any atom is 0.239 e. The molecule has 1 heterocycles. The highest BCUT2D eigenvalue weighted by atomic mass is 16.5. The van der Waals surface area contributed by atoms with Gasteiger partial charge in [0.2, 0.25) is 5.91 Å². The SMILES string of the molecule is CCCC[C@H](N)C(=O)N1CCO[C@@H](CCC)C1. The van der Waals surface area contributed by atoms with Gasteiger partial charge in [0.05, 0.1) is 18.8 Å². The number of ether oxygens (including phenoxy) is 1. The standard InChI is InChI=1S/C13H26N2O2/c1-3-5-7-12(14)13(16)15-8-9-17-11(10-15)6-4-2/h11-12H,3-10,14H2,1-2H3/t11-,12-/m0/s1. The Balaban J connectivity index is 2.39. The fraction of sp³-hybridized carbons (Fsp3) is 0.923. The summed E-state index contributed by atoms with van der Waals surface area (Å²) in [5.41, 5.74) is 5.92. The normalized spacial score (nSPS) is 22.5. The lowest BCUT2D eigenvalue weighted by atomic mass is 10.1. The Labute approximate surface area is 104 Å². The first-order chi connectivity index (χ1) is 8.19. The van der Waals surface area contributed by atoms with Crippen molar-refractivity contribution in [2.24, 2.45) is 5.73 Å². The van der Waals surface area contributed by atoms with E-state index in [1.54, 1.807) is 0 Å². The summed E-state index contributed by atoms with van der Waals surface area (Å²) in [4.78, 5) is 14.0. The zero-order chi connectivity index (χ0) is 12.7. The predicted octanol–water partition coefficient (Wildman–Crippen LogP) is 1.53. The summed E-state index contributed by atoms with van der Waals surface area (Å²) in [5.74, 6) is 0.0999. The van der Waals surface area contributed by atoms with Crippen LogP contribution in [0.4, 0.5) is 0 Å². The second-order valence-electron chi connectivity index (χ2n) is 4.81. The van der Waals surface area contributed by atoms with Crippen LogP contribution in [0.1, 0.15) is 46.0 Å². The van der Waals surface area contributed by atoms with Crippen molar-refractivity contribution in [1.82, 2.24) is 4.90 Å². The monoisotopic (exact) mass is 242 g/mol. The van der Waals surface area contributed by atoms with Crippen LogP contribution in [0.25, 0.3) is 0 Å². The van der Waals surface area contributed by atoms with Gasteiger partial charge in [-0.2, -0.15) is 0 Å². The van der Waals surface area contributed by atoms with E-state index in [0.717, 1.165) is 32.1 Å². The third-order valence-electron chi connectivity index (χ3n) is 3.25. The largest absolute Gasteiger partial charge is 0.375 e. The Bertz CT molecular complexity index is 231. The summed E-state index contributed by atoms with van der Waals surface area (Å²) < 4.78 is 5.62. The summed E-state index contributed by atoms with van der Waals surface area (Å²) in [6.07, 6.45) is 5.22. The molecule has 1 saturated heterocycles. The van der Waals surface area contributed by atoms with Crippen LogP contribution in [0.3, 0.4) is 0 Å². The van der Waals surface area contributed by atoms with E-state index >= 15 is 0 Å². The van der Waals surface area contributed by atoms with E-state index in [9.17, 15) is 4.79 Å². The van der Waals surface area contributed by atoms with Gasteiger partial charge in [-0.25, -0.2) is 0 Å². The highest BCUT2D eigenvalue weighted by molar-refractivity contribution is 5.81. The molecule has 2 N–H and O–H groups in total. The number of hydrogen-bond donors (Lipinski definition) is 1. The summed E-state index contributed by atoms with van der Waals surface area (Å²) >= 11 is 0. The molecule has 0 bridgehead atoms. The first kappa shape index (κ1) is 14.5. The molecule has 2 atom stereocenters. The van der Waals surface area contributed by atoms with Crippen molar-refractivity contribution in [2.45, 2.75) is 58.1 Å². The third-order valence-corrected chi connectivity index (χ3v) is 3.25. The van der Waals surface area contributed by atoms with Gasteiger partial charge in [0.25, 0.3) is 0 Å². The van der Waals surface area contributed by atoms with Crippen molar-refractivity contribution in [2.75, 3.05) is 19.7 Å². The molecule has 0 aromatic carbocycles. The van der Waals surface area contributed by atoms with Crippen molar-refractivity contribution in [1.29, 1.82) is 0 Å². The average Bonchev–Trinajstić information content (AvgIpc) is 2.35. The molecular weight excluding hydrogens is 216 g/mol. The molecule has 1 aliphatic heterocycles.